The fourth-order valence-corrected chi connectivity index (χ4v) is 3.67. The lowest BCUT2D eigenvalue weighted by atomic mass is 10.0. The van der Waals surface area contributed by atoms with Crippen molar-refractivity contribution in [2.24, 2.45) is 17.8 Å². The van der Waals surface area contributed by atoms with E-state index in [0.29, 0.717) is 18.1 Å². The van der Waals surface area contributed by atoms with Gasteiger partial charge in [-0.25, -0.2) is 0 Å². The molecule has 0 amide bonds. The Kier molecular flexibility index (Phi) is 2.62. The summed E-state index contributed by atoms with van der Waals surface area (Å²) >= 11 is 3.50. The van der Waals surface area contributed by atoms with E-state index in [-0.39, 0.29) is 0 Å². The highest BCUT2D eigenvalue weighted by Crippen LogP contribution is 2.58. The average molecular weight is 279 g/mol. The first-order valence-corrected chi connectivity index (χ1v) is 6.83. The van der Waals surface area contributed by atoms with Gasteiger partial charge < -0.3 is 0 Å². The molecule has 0 N–H and O–H groups in total. The van der Waals surface area contributed by atoms with Gasteiger partial charge in [-0.2, -0.15) is 0 Å². The molecule has 3 rings (SSSR count). The van der Waals surface area contributed by atoms with Gasteiger partial charge in [0, 0.05) is 16.8 Å². The van der Waals surface area contributed by atoms with E-state index in [4.69, 9.17) is 0 Å². The van der Waals surface area contributed by atoms with Gasteiger partial charge in [-0.3, -0.25) is 4.79 Å². The predicted molar refractivity (Wildman–Crippen MR) is 67.2 cm³/mol. The smallest absolute Gasteiger partial charge is 0.140 e. The second-order valence-corrected chi connectivity index (χ2v) is 5.87. The third-order valence-electron chi connectivity index (χ3n) is 4.10. The molecule has 1 aromatic rings. The molecule has 2 aliphatic carbocycles. The molecule has 0 spiro atoms. The number of hydrogen-bond acceptors (Lipinski definition) is 1. The van der Waals surface area contributed by atoms with Gasteiger partial charge in [0.15, 0.2) is 0 Å². The molecule has 0 bridgehead atoms. The fraction of sp³-hybridized carbons (Fsp3) is 0.500. The van der Waals surface area contributed by atoms with E-state index in [1.165, 1.54) is 19.3 Å². The van der Waals surface area contributed by atoms with Gasteiger partial charge in [-0.1, -0.05) is 40.5 Å². The Morgan fingerprint density at radius 3 is 2.62 bits per heavy atom. The number of fused-ring (bicyclic) bond motifs is 1. The summed E-state index contributed by atoms with van der Waals surface area (Å²) in [4.78, 5) is 12.1. The van der Waals surface area contributed by atoms with Gasteiger partial charge in [0.25, 0.3) is 0 Å². The highest BCUT2D eigenvalue weighted by atomic mass is 79.9. The summed E-state index contributed by atoms with van der Waals surface area (Å²) in [5, 5.41) is 0. The minimum absolute atomic E-state index is 0.404. The summed E-state index contributed by atoms with van der Waals surface area (Å²) in [6, 6.07) is 8.04. The molecule has 2 unspecified atom stereocenters. The molecule has 0 heterocycles. The summed E-state index contributed by atoms with van der Waals surface area (Å²) < 4.78 is 1.06. The van der Waals surface area contributed by atoms with Crippen LogP contribution in [0.15, 0.2) is 28.7 Å². The lowest BCUT2D eigenvalue weighted by Crippen LogP contribution is -2.09. The Balaban J connectivity index is 1.68. The fourth-order valence-electron chi connectivity index (χ4n) is 3.25. The normalized spacial score (nSPS) is 31.2. The van der Waals surface area contributed by atoms with Crippen LogP contribution in [0, 0.1) is 17.8 Å². The number of halogens is 1. The molecule has 16 heavy (non-hydrogen) atoms. The third-order valence-corrected chi connectivity index (χ3v) is 4.87. The second-order valence-electron chi connectivity index (χ2n) is 5.02. The first-order chi connectivity index (χ1) is 7.77. The lowest BCUT2D eigenvalue weighted by molar-refractivity contribution is -0.120. The summed E-state index contributed by atoms with van der Waals surface area (Å²) in [5.74, 6) is 2.35. The van der Waals surface area contributed by atoms with E-state index in [9.17, 15) is 4.79 Å². The van der Waals surface area contributed by atoms with E-state index in [1.807, 2.05) is 24.3 Å². The zero-order chi connectivity index (χ0) is 11.1. The molecule has 2 atom stereocenters. The zero-order valence-electron chi connectivity index (χ0n) is 9.16. The number of carbonyl (C=O) groups excluding carboxylic acids is 1. The molecule has 2 saturated carbocycles. The van der Waals surface area contributed by atoms with Crippen molar-refractivity contribution in [3.05, 3.63) is 34.3 Å². The van der Waals surface area contributed by atoms with Crippen LogP contribution in [-0.2, 0) is 11.2 Å². The highest BCUT2D eigenvalue weighted by molar-refractivity contribution is 9.10. The Morgan fingerprint density at radius 1 is 1.25 bits per heavy atom. The van der Waals surface area contributed by atoms with Crippen LogP contribution in [0.3, 0.4) is 0 Å². The highest BCUT2D eigenvalue weighted by Gasteiger charge is 2.55. The zero-order valence-corrected chi connectivity index (χ0v) is 10.7. The van der Waals surface area contributed by atoms with Gasteiger partial charge in [0.05, 0.1) is 0 Å². The second kappa shape index (κ2) is 3.99. The van der Waals surface area contributed by atoms with Gasteiger partial charge in [0.2, 0.25) is 0 Å². The van der Waals surface area contributed by atoms with Crippen molar-refractivity contribution >= 4 is 21.7 Å². The molecule has 0 saturated heterocycles. The minimum atomic E-state index is 0.404. The van der Waals surface area contributed by atoms with Crippen LogP contribution >= 0.6 is 15.9 Å². The maximum atomic E-state index is 12.1. The van der Waals surface area contributed by atoms with Gasteiger partial charge in [-0.15, -0.1) is 0 Å². The maximum absolute atomic E-state index is 12.1. The van der Waals surface area contributed by atoms with Crippen LogP contribution in [0.5, 0.6) is 0 Å². The number of carbonyl (C=O) groups is 1. The van der Waals surface area contributed by atoms with Gasteiger partial charge >= 0.3 is 0 Å². The Morgan fingerprint density at radius 2 is 1.94 bits per heavy atom. The molecular weight excluding hydrogens is 264 g/mol. The number of hydrogen-bond donors (Lipinski definition) is 0. The molecule has 1 aromatic carbocycles. The third kappa shape index (κ3) is 1.73. The maximum Gasteiger partial charge on any atom is 0.140 e. The molecule has 1 nitrogen and oxygen atoms in total. The van der Waals surface area contributed by atoms with E-state index in [1.54, 1.807) is 0 Å². The van der Waals surface area contributed by atoms with Crippen molar-refractivity contribution < 1.29 is 4.79 Å². The number of benzene rings is 1. The van der Waals surface area contributed by atoms with Crippen LogP contribution in [0.1, 0.15) is 24.8 Å². The Labute approximate surface area is 104 Å². The number of Topliss-reactive ketones (excluding diaryl/α,β-unsaturated/α-hetero) is 1. The Bertz CT molecular complexity index is 416. The van der Waals surface area contributed by atoms with Crippen molar-refractivity contribution in [1.82, 2.24) is 0 Å². The molecule has 2 fully saturated rings. The monoisotopic (exact) mass is 278 g/mol. The molecule has 0 aromatic heterocycles. The molecule has 0 aliphatic heterocycles. The summed E-state index contributed by atoms with van der Waals surface area (Å²) in [7, 11) is 0. The minimum Gasteiger partial charge on any atom is -0.299 e. The lowest BCUT2D eigenvalue weighted by Gasteiger charge is -2.05. The van der Waals surface area contributed by atoms with E-state index < -0.39 is 0 Å². The first-order valence-electron chi connectivity index (χ1n) is 6.03. The molecule has 84 valence electrons. The van der Waals surface area contributed by atoms with Gasteiger partial charge in [-0.05, 0) is 36.3 Å². The topological polar surface area (TPSA) is 17.1 Å². The van der Waals surface area contributed by atoms with Crippen LogP contribution in [0.4, 0.5) is 0 Å². The van der Waals surface area contributed by atoms with Crippen LogP contribution < -0.4 is 0 Å². The van der Waals surface area contributed by atoms with Gasteiger partial charge in [0.1, 0.15) is 5.78 Å². The van der Waals surface area contributed by atoms with Crippen LogP contribution in [0.2, 0.25) is 0 Å². The average Bonchev–Trinajstić information content (AvgIpc) is 2.76. The molecule has 2 aliphatic rings. The molecule has 2 heteroatoms. The number of rotatable bonds is 3. The van der Waals surface area contributed by atoms with Crippen LogP contribution in [0.25, 0.3) is 0 Å². The summed E-state index contributed by atoms with van der Waals surface area (Å²) in [6.07, 6.45) is 4.53. The van der Waals surface area contributed by atoms with E-state index in [0.717, 1.165) is 21.9 Å². The van der Waals surface area contributed by atoms with Crippen molar-refractivity contribution in [1.29, 1.82) is 0 Å². The number of ketones is 1. The summed E-state index contributed by atoms with van der Waals surface area (Å²) in [5.41, 5.74) is 1.14. The Hall–Kier alpha value is -0.630. The first kappa shape index (κ1) is 10.5. The standard InChI is InChI=1S/C14H15BrO/c15-12-7-2-1-4-9(12)8-13(16)14-10-5-3-6-11(10)14/h1-2,4,7,10-11,14H,3,5-6,8H2. The largest absolute Gasteiger partial charge is 0.299 e. The van der Waals surface area contributed by atoms with Crippen molar-refractivity contribution in [2.75, 3.05) is 0 Å². The molecule has 0 radical (unpaired) electrons. The van der Waals surface area contributed by atoms with Crippen molar-refractivity contribution in [3.63, 3.8) is 0 Å². The van der Waals surface area contributed by atoms with Crippen molar-refractivity contribution in [3.8, 4) is 0 Å². The quantitative estimate of drug-likeness (QED) is 0.826. The molecular formula is C14H15BrO. The SMILES string of the molecule is O=C(Cc1ccccc1Br)C1C2CCCC21. The van der Waals surface area contributed by atoms with Crippen LogP contribution in [-0.4, -0.2) is 5.78 Å². The van der Waals surface area contributed by atoms with E-state index in [2.05, 4.69) is 15.9 Å². The van der Waals surface area contributed by atoms with E-state index >= 15 is 0 Å². The van der Waals surface area contributed by atoms with Crippen molar-refractivity contribution in [2.45, 2.75) is 25.7 Å². The predicted octanol–water partition coefficient (Wildman–Crippen LogP) is 3.61. The summed E-state index contributed by atoms with van der Waals surface area (Å²) in [6.45, 7) is 0.